The van der Waals surface area contributed by atoms with Crippen molar-refractivity contribution in [2.45, 2.75) is 33.5 Å². The summed E-state index contributed by atoms with van der Waals surface area (Å²) < 4.78 is 45.4. The minimum absolute atomic E-state index is 0.000828. The normalized spacial score (nSPS) is 15.3. The topological polar surface area (TPSA) is 98.1 Å². The number of halogens is 3. The number of amides is 1. The molecule has 1 amide bonds. The largest absolute Gasteiger partial charge is 0.475 e. The van der Waals surface area contributed by atoms with Gasteiger partial charge in [-0.15, -0.1) is 0 Å². The first-order valence-electron chi connectivity index (χ1n) is 11.5. The molecule has 1 aliphatic rings. The summed E-state index contributed by atoms with van der Waals surface area (Å²) in [7, 11) is 1.47. The molecule has 2 heterocycles. The number of fused-ring (bicyclic) bond motifs is 1. The van der Waals surface area contributed by atoms with Crippen LogP contribution in [0.15, 0.2) is 51.8 Å². The summed E-state index contributed by atoms with van der Waals surface area (Å²) in [5.74, 6) is -0.363. The van der Waals surface area contributed by atoms with E-state index in [-0.39, 0.29) is 30.4 Å². The zero-order chi connectivity index (χ0) is 27.1. The van der Waals surface area contributed by atoms with Gasteiger partial charge in [-0.25, -0.2) is 4.99 Å². The highest BCUT2D eigenvalue weighted by Gasteiger charge is 2.31. The molecule has 194 valence electrons. The molecule has 1 aliphatic heterocycles. The van der Waals surface area contributed by atoms with Gasteiger partial charge in [0.05, 0.1) is 12.1 Å². The van der Waals surface area contributed by atoms with Crippen LogP contribution in [0.4, 0.5) is 18.9 Å². The maximum atomic E-state index is 13.4. The van der Waals surface area contributed by atoms with Crippen LogP contribution >= 0.6 is 0 Å². The first-order chi connectivity index (χ1) is 17.4. The number of rotatable bonds is 5. The van der Waals surface area contributed by atoms with E-state index in [2.05, 4.69) is 21.8 Å². The van der Waals surface area contributed by atoms with Gasteiger partial charge in [0.15, 0.2) is 0 Å². The molecule has 11 heteroatoms. The Morgan fingerprint density at radius 2 is 1.86 bits per heavy atom. The fraction of sp³-hybridized carbons (Fsp3) is 0.308. The highest BCUT2D eigenvalue weighted by molar-refractivity contribution is 6.25. The standard InChI is InChI=1S/C26H27F3N6O2/c1-14-10-18(34-8-9-37-24(32-5)22(25(34)36)23(30)31-4)11-15(2)21(14)17-6-7-20-19(12-17)16(3)35(33-20)13-26(27,28)29/h6-7,10-12H,5,8-9,13H2,1-4H3,(H2,30,31). The Morgan fingerprint density at radius 3 is 2.46 bits per heavy atom. The van der Waals surface area contributed by atoms with Crippen molar-refractivity contribution in [1.82, 2.24) is 9.78 Å². The molecule has 0 atom stereocenters. The number of anilines is 1. The second kappa shape index (κ2) is 9.72. The van der Waals surface area contributed by atoms with Crippen molar-refractivity contribution in [3.05, 3.63) is 58.6 Å². The first kappa shape index (κ1) is 25.9. The Kier molecular flexibility index (Phi) is 6.81. The molecule has 0 aliphatic carbocycles. The average molecular weight is 513 g/mol. The van der Waals surface area contributed by atoms with E-state index < -0.39 is 18.6 Å². The zero-order valence-electron chi connectivity index (χ0n) is 21.0. The maximum Gasteiger partial charge on any atom is 0.408 e. The van der Waals surface area contributed by atoms with Crippen LogP contribution in [0.25, 0.3) is 22.0 Å². The van der Waals surface area contributed by atoms with Gasteiger partial charge in [-0.2, -0.15) is 18.3 Å². The van der Waals surface area contributed by atoms with E-state index in [4.69, 9.17) is 10.5 Å². The van der Waals surface area contributed by atoms with Gasteiger partial charge in [-0.3, -0.25) is 14.5 Å². The summed E-state index contributed by atoms with van der Waals surface area (Å²) in [4.78, 5) is 22.7. The number of alkyl halides is 3. The smallest absolute Gasteiger partial charge is 0.408 e. The number of aliphatic imine (C=N–C) groups is 2. The van der Waals surface area contributed by atoms with Gasteiger partial charge in [0.1, 0.15) is 24.6 Å². The summed E-state index contributed by atoms with van der Waals surface area (Å²) in [5.41, 5.74) is 11.1. The number of hydrogen-bond donors (Lipinski definition) is 1. The van der Waals surface area contributed by atoms with Gasteiger partial charge in [-0.1, -0.05) is 6.07 Å². The molecule has 2 N–H and O–H groups in total. The number of aryl methyl sites for hydroxylation is 3. The lowest BCUT2D eigenvalue weighted by atomic mass is 9.93. The van der Waals surface area contributed by atoms with E-state index in [9.17, 15) is 18.0 Å². The maximum absolute atomic E-state index is 13.4. The summed E-state index contributed by atoms with van der Waals surface area (Å²) >= 11 is 0. The Balaban J connectivity index is 1.75. The first-order valence-corrected chi connectivity index (χ1v) is 11.5. The van der Waals surface area contributed by atoms with Crippen LogP contribution in [0.2, 0.25) is 0 Å². The molecule has 0 unspecified atom stereocenters. The van der Waals surface area contributed by atoms with Gasteiger partial charge >= 0.3 is 6.18 Å². The Labute approximate surface area is 211 Å². The van der Waals surface area contributed by atoms with Crippen molar-refractivity contribution in [3.8, 4) is 11.1 Å². The Morgan fingerprint density at radius 1 is 1.19 bits per heavy atom. The number of ether oxygens (including phenoxy) is 1. The molecular formula is C26H27F3N6O2. The number of hydrogen-bond acceptors (Lipinski definition) is 5. The summed E-state index contributed by atoms with van der Waals surface area (Å²) in [6.45, 7) is 8.25. The van der Waals surface area contributed by atoms with Gasteiger partial charge in [0.2, 0.25) is 5.88 Å². The molecule has 0 bridgehead atoms. The SMILES string of the molecule is C=NC1=C(C(N)=NC)C(=O)N(c2cc(C)c(-c3ccc4nn(CC(F)(F)F)c(C)c4c3)c(C)c2)CCO1. The molecule has 0 saturated heterocycles. The van der Waals surface area contributed by atoms with Crippen molar-refractivity contribution < 1.29 is 22.7 Å². The molecule has 2 aromatic carbocycles. The quantitative estimate of drug-likeness (QED) is 0.403. The number of nitrogens with zero attached hydrogens (tertiary/aromatic N) is 5. The molecular weight excluding hydrogens is 485 g/mol. The van der Waals surface area contributed by atoms with Crippen LogP contribution < -0.4 is 10.6 Å². The van der Waals surface area contributed by atoms with E-state index >= 15 is 0 Å². The van der Waals surface area contributed by atoms with Gasteiger partial charge in [0.25, 0.3) is 5.91 Å². The van der Waals surface area contributed by atoms with Crippen molar-refractivity contribution in [1.29, 1.82) is 0 Å². The second-order valence-corrected chi connectivity index (χ2v) is 8.80. The van der Waals surface area contributed by atoms with Gasteiger partial charge in [0, 0.05) is 23.8 Å². The predicted octanol–water partition coefficient (Wildman–Crippen LogP) is 4.45. The highest BCUT2D eigenvalue weighted by Crippen LogP contribution is 2.35. The molecule has 3 aromatic rings. The molecule has 0 saturated carbocycles. The number of amidine groups is 1. The Bertz CT molecular complexity index is 1450. The number of benzene rings is 2. The molecule has 1 aromatic heterocycles. The van der Waals surface area contributed by atoms with Crippen LogP contribution in [0, 0.1) is 20.8 Å². The van der Waals surface area contributed by atoms with Gasteiger partial charge < -0.3 is 15.4 Å². The van der Waals surface area contributed by atoms with E-state index in [0.29, 0.717) is 22.3 Å². The van der Waals surface area contributed by atoms with E-state index in [1.54, 1.807) is 17.9 Å². The summed E-state index contributed by atoms with van der Waals surface area (Å²) in [5, 5.41) is 4.77. The van der Waals surface area contributed by atoms with Gasteiger partial charge in [-0.05, 0) is 74.0 Å². The van der Waals surface area contributed by atoms with Crippen molar-refractivity contribution in [2.75, 3.05) is 25.1 Å². The molecule has 8 nitrogen and oxygen atoms in total. The van der Waals surface area contributed by atoms with Crippen LogP contribution in [-0.4, -0.2) is 54.6 Å². The van der Waals surface area contributed by atoms with E-state index in [1.807, 2.05) is 38.1 Å². The number of carbonyl (C=O) groups excluding carboxylic acids is 1. The summed E-state index contributed by atoms with van der Waals surface area (Å²) in [6.07, 6.45) is -4.36. The lowest BCUT2D eigenvalue weighted by Crippen LogP contribution is -2.37. The lowest BCUT2D eigenvalue weighted by Gasteiger charge is -2.23. The molecule has 4 rings (SSSR count). The average Bonchev–Trinajstić information content (AvgIpc) is 3.02. The predicted molar refractivity (Wildman–Crippen MR) is 138 cm³/mol. The fourth-order valence-electron chi connectivity index (χ4n) is 4.62. The highest BCUT2D eigenvalue weighted by atomic mass is 19.4. The number of nitrogens with two attached hydrogens (primary N) is 1. The second-order valence-electron chi connectivity index (χ2n) is 8.80. The molecule has 37 heavy (non-hydrogen) atoms. The van der Waals surface area contributed by atoms with Crippen LogP contribution in [0.5, 0.6) is 0 Å². The molecule has 0 spiro atoms. The van der Waals surface area contributed by atoms with E-state index in [0.717, 1.165) is 26.9 Å². The third-order valence-corrected chi connectivity index (χ3v) is 6.32. The minimum Gasteiger partial charge on any atom is -0.475 e. The van der Waals surface area contributed by atoms with Crippen LogP contribution in [-0.2, 0) is 16.1 Å². The molecule has 0 radical (unpaired) electrons. The Hall–Kier alpha value is -4.15. The number of carbonyl (C=O) groups is 1. The van der Waals surface area contributed by atoms with Crippen molar-refractivity contribution >= 4 is 35.1 Å². The van der Waals surface area contributed by atoms with Crippen molar-refractivity contribution in [3.63, 3.8) is 0 Å². The van der Waals surface area contributed by atoms with E-state index in [1.165, 1.54) is 7.05 Å². The summed E-state index contributed by atoms with van der Waals surface area (Å²) in [6, 6.07) is 9.18. The van der Waals surface area contributed by atoms with Crippen molar-refractivity contribution in [2.24, 2.45) is 15.7 Å². The van der Waals surface area contributed by atoms with Crippen LogP contribution in [0.1, 0.15) is 16.8 Å². The fourth-order valence-corrected chi connectivity index (χ4v) is 4.62. The lowest BCUT2D eigenvalue weighted by molar-refractivity contribution is -0.142. The van der Waals surface area contributed by atoms with Crippen LogP contribution in [0.3, 0.4) is 0 Å². The third-order valence-electron chi connectivity index (χ3n) is 6.32. The third kappa shape index (κ3) is 4.93. The molecule has 0 fully saturated rings. The zero-order valence-corrected chi connectivity index (χ0v) is 21.0. The monoisotopic (exact) mass is 512 g/mol. The minimum atomic E-state index is -4.36. The number of aromatic nitrogens is 2.